The van der Waals surface area contributed by atoms with Crippen molar-refractivity contribution in [1.29, 1.82) is 0 Å². The number of hydrogen-bond acceptors (Lipinski definition) is 3. The molecular weight excluding hydrogens is 342 g/mol. The Kier molecular flexibility index (Phi) is 7.82. The van der Waals surface area contributed by atoms with Gasteiger partial charge in [-0.25, -0.2) is 9.59 Å². The fourth-order valence-corrected chi connectivity index (χ4v) is 3.00. The maximum absolute atomic E-state index is 12.2. The Morgan fingerprint density at radius 3 is 2.15 bits per heavy atom. The van der Waals surface area contributed by atoms with Crippen molar-refractivity contribution in [3.05, 3.63) is 71.3 Å². The Labute approximate surface area is 160 Å². The average molecular weight is 369 g/mol. The lowest BCUT2D eigenvalue weighted by Crippen LogP contribution is -2.42. The van der Waals surface area contributed by atoms with Crippen molar-refractivity contribution >= 4 is 12.0 Å². The van der Waals surface area contributed by atoms with Crippen molar-refractivity contribution < 1.29 is 14.7 Å². The van der Waals surface area contributed by atoms with Gasteiger partial charge in [-0.05, 0) is 36.3 Å². The first-order chi connectivity index (χ1) is 13.0. The second-order valence-corrected chi connectivity index (χ2v) is 6.21. The lowest BCUT2D eigenvalue weighted by atomic mass is 10.1. The molecule has 0 saturated heterocycles. The van der Waals surface area contributed by atoms with E-state index in [4.69, 9.17) is 5.11 Å². The van der Waals surface area contributed by atoms with Gasteiger partial charge in [0.1, 0.15) is 0 Å². The number of amides is 2. The number of carboxylic acid groups (broad SMARTS) is 1. The molecule has 6 nitrogen and oxygen atoms in total. The largest absolute Gasteiger partial charge is 0.478 e. The molecule has 0 heterocycles. The molecule has 0 radical (unpaired) electrons. The van der Waals surface area contributed by atoms with Crippen molar-refractivity contribution in [3.8, 4) is 0 Å². The van der Waals surface area contributed by atoms with Gasteiger partial charge in [-0.15, -0.1) is 0 Å². The number of urea groups is 1. The van der Waals surface area contributed by atoms with Crippen molar-refractivity contribution in [1.82, 2.24) is 15.5 Å². The number of rotatable bonds is 9. The number of carbonyl (C=O) groups is 2. The van der Waals surface area contributed by atoms with Crippen LogP contribution < -0.4 is 10.6 Å². The molecule has 0 saturated carbocycles. The Morgan fingerprint density at radius 1 is 0.963 bits per heavy atom. The van der Waals surface area contributed by atoms with Crippen molar-refractivity contribution in [2.24, 2.45) is 0 Å². The number of carbonyl (C=O) groups excluding carboxylic acids is 1. The van der Waals surface area contributed by atoms with Crippen LogP contribution in [0.5, 0.6) is 0 Å². The first-order valence-electron chi connectivity index (χ1n) is 9.18. The zero-order valence-corrected chi connectivity index (χ0v) is 15.8. The molecule has 0 spiro atoms. The summed E-state index contributed by atoms with van der Waals surface area (Å²) in [5, 5.41) is 14.7. The van der Waals surface area contributed by atoms with Gasteiger partial charge in [0.25, 0.3) is 0 Å². The third-order valence-corrected chi connectivity index (χ3v) is 4.55. The molecular formula is C21H27N3O3. The lowest BCUT2D eigenvalue weighted by molar-refractivity contribution is 0.0697. The molecule has 3 N–H and O–H groups in total. The molecule has 1 atom stereocenters. The summed E-state index contributed by atoms with van der Waals surface area (Å²) < 4.78 is 0. The van der Waals surface area contributed by atoms with Crippen molar-refractivity contribution in [2.75, 3.05) is 19.6 Å². The second kappa shape index (κ2) is 10.3. The zero-order valence-electron chi connectivity index (χ0n) is 15.8. The molecule has 1 unspecified atom stereocenters. The molecule has 2 aromatic carbocycles. The summed E-state index contributed by atoms with van der Waals surface area (Å²) in [5.74, 6) is -0.962. The van der Waals surface area contributed by atoms with E-state index in [1.54, 1.807) is 12.1 Å². The fraction of sp³-hybridized carbons (Fsp3) is 0.333. The van der Waals surface area contributed by atoms with Gasteiger partial charge < -0.3 is 15.7 Å². The fourth-order valence-electron chi connectivity index (χ4n) is 3.00. The van der Waals surface area contributed by atoms with Crippen LogP contribution in [0.2, 0.25) is 0 Å². The monoisotopic (exact) mass is 369 g/mol. The van der Waals surface area contributed by atoms with E-state index in [-0.39, 0.29) is 17.6 Å². The third-order valence-electron chi connectivity index (χ3n) is 4.55. The summed E-state index contributed by atoms with van der Waals surface area (Å²) in [6, 6.07) is 16.5. The highest BCUT2D eigenvalue weighted by Crippen LogP contribution is 2.19. The smallest absolute Gasteiger partial charge is 0.335 e. The van der Waals surface area contributed by atoms with E-state index in [0.717, 1.165) is 18.7 Å². The van der Waals surface area contributed by atoms with Crippen LogP contribution in [0.1, 0.15) is 41.4 Å². The number of aromatic carboxylic acids is 1. The SMILES string of the molecule is CCN(CC)C(CNC(=O)NCc1ccc(C(=O)O)cc1)c1ccccc1. The van der Waals surface area contributed by atoms with Gasteiger partial charge in [0, 0.05) is 13.1 Å². The summed E-state index contributed by atoms with van der Waals surface area (Å²) in [6.45, 7) is 6.87. The standard InChI is InChI=1S/C21H27N3O3/c1-3-24(4-2)19(17-8-6-5-7-9-17)15-23-21(27)22-14-16-10-12-18(13-11-16)20(25)26/h5-13,19H,3-4,14-15H2,1-2H3,(H,25,26)(H2,22,23,27). The van der Waals surface area contributed by atoms with E-state index < -0.39 is 5.97 Å². The van der Waals surface area contributed by atoms with Crippen LogP contribution in [0.4, 0.5) is 4.79 Å². The second-order valence-electron chi connectivity index (χ2n) is 6.21. The van der Waals surface area contributed by atoms with E-state index >= 15 is 0 Å². The van der Waals surface area contributed by atoms with Gasteiger partial charge in [0.15, 0.2) is 0 Å². The van der Waals surface area contributed by atoms with Gasteiger partial charge in [0.05, 0.1) is 11.6 Å². The molecule has 0 aromatic heterocycles. The number of hydrogen-bond donors (Lipinski definition) is 3. The van der Waals surface area contributed by atoms with Crippen molar-refractivity contribution in [2.45, 2.75) is 26.4 Å². The van der Waals surface area contributed by atoms with Crippen LogP contribution in [0, 0.1) is 0 Å². The summed E-state index contributed by atoms with van der Waals surface area (Å²) in [4.78, 5) is 25.4. The molecule has 2 amide bonds. The van der Waals surface area contributed by atoms with E-state index in [1.165, 1.54) is 17.7 Å². The van der Waals surface area contributed by atoms with Gasteiger partial charge in [-0.2, -0.15) is 0 Å². The molecule has 0 bridgehead atoms. The molecule has 2 aromatic rings. The van der Waals surface area contributed by atoms with E-state index in [2.05, 4.69) is 41.5 Å². The maximum Gasteiger partial charge on any atom is 0.335 e. The topological polar surface area (TPSA) is 81.7 Å². The summed E-state index contributed by atoms with van der Waals surface area (Å²) in [7, 11) is 0. The molecule has 0 aliphatic rings. The van der Waals surface area contributed by atoms with E-state index in [0.29, 0.717) is 13.1 Å². The first kappa shape index (κ1) is 20.5. The van der Waals surface area contributed by atoms with Gasteiger partial charge in [-0.1, -0.05) is 56.3 Å². The highest BCUT2D eigenvalue weighted by molar-refractivity contribution is 5.87. The average Bonchev–Trinajstić information content (AvgIpc) is 2.70. The molecule has 27 heavy (non-hydrogen) atoms. The molecule has 144 valence electrons. The van der Waals surface area contributed by atoms with E-state index in [9.17, 15) is 9.59 Å². The Balaban J connectivity index is 1.90. The number of nitrogens with zero attached hydrogens (tertiary/aromatic N) is 1. The zero-order chi connectivity index (χ0) is 19.6. The van der Waals surface area contributed by atoms with E-state index in [1.807, 2.05) is 18.2 Å². The number of benzene rings is 2. The minimum atomic E-state index is -0.962. The van der Waals surface area contributed by atoms with Gasteiger partial charge in [-0.3, -0.25) is 4.90 Å². The number of nitrogens with one attached hydrogen (secondary N) is 2. The van der Waals surface area contributed by atoms with Gasteiger partial charge >= 0.3 is 12.0 Å². The predicted molar refractivity (Wildman–Crippen MR) is 106 cm³/mol. The summed E-state index contributed by atoms with van der Waals surface area (Å²) in [6.07, 6.45) is 0. The number of carboxylic acids is 1. The Bertz CT molecular complexity index is 728. The molecule has 6 heteroatoms. The quantitative estimate of drug-likeness (QED) is 0.634. The van der Waals surface area contributed by atoms with Crippen LogP contribution in [-0.2, 0) is 6.54 Å². The maximum atomic E-state index is 12.2. The highest BCUT2D eigenvalue weighted by atomic mass is 16.4. The molecule has 0 aliphatic carbocycles. The van der Waals surface area contributed by atoms with Crippen LogP contribution >= 0.6 is 0 Å². The van der Waals surface area contributed by atoms with Crippen LogP contribution in [0.15, 0.2) is 54.6 Å². The predicted octanol–water partition coefficient (Wildman–Crippen LogP) is 3.27. The minimum absolute atomic E-state index is 0.113. The molecule has 2 rings (SSSR count). The van der Waals surface area contributed by atoms with Crippen LogP contribution in [-0.4, -0.2) is 41.6 Å². The minimum Gasteiger partial charge on any atom is -0.478 e. The van der Waals surface area contributed by atoms with Gasteiger partial charge in [0.2, 0.25) is 0 Å². The molecule has 0 aliphatic heterocycles. The Morgan fingerprint density at radius 2 is 1.59 bits per heavy atom. The van der Waals surface area contributed by atoms with Crippen LogP contribution in [0.3, 0.4) is 0 Å². The highest BCUT2D eigenvalue weighted by Gasteiger charge is 2.18. The first-order valence-corrected chi connectivity index (χ1v) is 9.18. The molecule has 0 fully saturated rings. The summed E-state index contributed by atoms with van der Waals surface area (Å²) >= 11 is 0. The normalized spacial score (nSPS) is 11.8. The van der Waals surface area contributed by atoms with Crippen molar-refractivity contribution in [3.63, 3.8) is 0 Å². The third kappa shape index (κ3) is 6.11. The lowest BCUT2D eigenvalue weighted by Gasteiger charge is -2.30. The van der Waals surface area contributed by atoms with Crippen LogP contribution in [0.25, 0.3) is 0 Å². The summed E-state index contributed by atoms with van der Waals surface area (Å²) in [5.41, 5.74) is 2.25. The Hall–Kier alpha value is -2.86. The number of likely N-dealkylation sites (N-methyl/N-ethyl adjacent to an activating group) is 1.